The molecule has 1 aromatic heterocycles. The average Bonchev–Trinajstić information content (AvgIpc) is 2.25. The van der Waals surface area contributed by atoms with Crippen LogP contribution < -0.4 is 5.32 Å². The summed E-state index contributed by atoms with van der Waals surface area (Å²) in [6.45, 7) is 0. The zero-order valence-electron chi connectivity index (χ0n) is 10.1. The van der Waals surface area contributed by atoms with E-state index < -0.39 is 33.0 Å². The number of aromatic nitrogens is 2. The van der Waals surface area contributed by atoms with Gasteiger partial charge in [0.05, 0.1) is 11.5 Å². The van der Waals surface area contributed by atoms with Crippen LogP contribution in [0.3, 0.4) is 0 Å². The number of nitrogens with zero attached hydrogens (tertiary/aromatic N) is 2. The minimum absolute atomic E-state index is 0.101. The first kappa shape index (κ1) is 15.3. The van der Waals surface area contributed by atoms with Crippen LogP contribution >= 0.6 is 11.6 Å². The molecule has 0 aromatic carbocycles. The number of anilines is 1. The maximum atomic E-state index is 12.6. The van der Waals surface area contributed by atoms with Gasteiger partial charge in [-0.15, -0.1) is 0 Å². The highest BCUT2D eigenvalue weighted by Crippen LogP contribution is 2.30. The van der Waals surface area contributed by atoms with Crippen molar-refractivity contribution in [3.63, 3.8) is 0 Å². The van der Waals surface area contributed by atoms with Gasteiger partial charge in [-0.2, -0.15) is 13.2 Å². The molecule has 2 rings (SSSR count). The molecule has 0 spiro atoms. The molecule has 0 bridgehead atoms. The molecule has 0 radical (unpaired) electrons. The van der Waals surface area contributed by atoms with E-state index in [0.717, 1.165) is 0 Å². The van der Waals surface area contributed by atoms with E-state index in [-0.39, 0.29) is 17.3 Å². The molecule has 0 saturated carbocycles. The lowest BCUT2D eigenvalue weighted by molar-refractivity contribution is -0.141. The van der Waals surface area contributed by atoms with Crippen molar-refractivity contribution in [1.82, 2.24) is 9.97 Å². The zero-order chi connectivity index (χ0) is 15.0. The van der Waals surface area contributed by atoms with Gasteiger partial charge < -0.3 is 5.32 Å². The summed E-state index contributed by atoms with van der Waals surface area (Å²) in [4.78, 5) is 6.74. The number of halogens is 4. The molecule has 1 aliphatic rings. The van der Waals surface area contributed by atoms with Gasteiger partial charge in [-0.1, -0.05) is 0 Å². The quantitative estimate of drug-likeness (QED) is 0.842. The van der Waals surface area contributed by atoms with Crippen molar-refractivity contribution in [2.24, 2.45) is 0 Å². The molecule has 5 nitrogen and oxygen atoms in total. The smallest absolute Gasteiger partial charge is 0.366 e. The fourth-order valence-electron chi connectivity index (χ4n) is 1.98. The Morgan fingerprint density at radius 2 is 2.05 bits per heavy atom. The molecule has 2 heterocycles. The number of hydrogen-bond acceptors (Lipinski definition) is 5. The Kier molecular flexibility index (Phi) is 4.10. The van der Waals surface area contributed by atoms with Gasteiger partial charge in [0, 0.05) is 12.1 Å². The molecular weight excluding hydrogens is 319 g/mol. The van der Waals surface area contributed by atoms with Crippen LogP contribution in [0.5, 0.6) is 0 Å². The van der Waals surface area contributed by atoms with Gasteiger partial charge in [0.2, 0.25) is 5.28 Å². The first-order valence-corrected chi connectivity index (χ1v) is 7.94. The number of nitrogens with one attached hydrogen (secondary N) is 1. The van der Waals surface area contributed by atoms with Gasteiger partial charge in [0.25, 0.3) is 0 Å². The molecule has 1 aromatic rings. The Morgan fingerprint density at radius 3 is 2.65 bits per heavy atom. The maximum absolute atomic E-state index is 12.6. The minimum Gasteiger partial charge on any atom is -0.366 e. The van der Waals surface area contributed by atoms with Gasteiger partial charge in [-0.3, -0.25) is 0 Å². The molecule has 1 N–H and O–H groups in total. The fraction of sp³-hybridized carbons (Fsp3) is 0.600. The molecular formula is C10H11ClF3N3O2S. The van der Waals surface area contributed by atoms with Crippen molar-refractivity contribution in [1.29, 1.82) is 0 Å². The molecule has 0 amide bonds. The van der Waals surface area contributed by atoms with E-state index in [1.165, 1.54) is 0 Å². The third-order valence-corrected chi connectivity index (χ3v) is 4.79. The van der Waals surface area contributed by atoms with E-state index in [1.54, 1.807) is 0 Å². The maximum Gasteiger partial charge on any atom is 0.433 e. The third kappa shape index (κ3) is 3.95. The van der Waals surface area contributed by atoms with Crippen LogP contribution in [0.2, 0.25) is 5.28 Å². The summed E-state index contributed by atoms with van der Waals surface area (Å²) in [6.07, 6.45) is -3.63. The molecule has 112 valence electrons. The van der Waals surface area contributed by atoms with Crippen molar-refractivity contribution in [3.8, 4) is 0 Å². The highest BCUT2D eigenvalue weighted by atomic mass is 35.5. The van der Waals surface area contributed by atoms with Crippen molar-refractivity contribution in [3.05, 3.63) is 17.0 Å². The van der Waals surface area contributed by atoms with Crippen molar-refractivity contribution in [2.45, 2.75) is 25.1 Å². The monoisotopic (exact) mass is 329 g/mol. The second-order valence-electron chi connectivity index (χ2n) is 4.50. The Bertz CT molecular complexity index is 606. The molecule has 1 unspecified atom stereocenters. The van der Waals surface area contributed by atoms with E-state index in [9.17, 15) is 21.6 Å². The summed E-state index contributed by atoms with van der Waals surface area (Å²) >= 11 is 5.45. The minimum atomic E-state index is -4.64. The summed E-state index contributed by atoms with van der Waals surface area (Å²) < 4.78 is 60.7. The van der Waals surface area contributed by atoms with E-state index in [4.69, 9.17) is 11.6 Å². The van der Waals surface area contributed by atoms with Crippen LogP contribution in [-0.4, -0.2) is 35.9 Å². The standard InChI is InChI=1S/C10H11ClF3N3O2S/c11-9-16-7(10(12,13)14)4-8(17-9)15-6-2-1-3-20(18,19)5-6/h4,6H,1-3,5H2,(H,15,16,17). The first-order valence-electron chi connectivity index (χ1n) is 5.74. The predicted molar refractivity (Wildman–Crippen MR) is 67.3 cm³/mol. The Hall–Kier alpha value is -1.09. The van der Waals surface area contributed by atoms with E-state index in [1.807, 2.05) is 0 Å². The van der Waals surface area contributed by atoms with Crippen LogP contribution in [0, 0.1) is 0 Å². The largest absolute Gasteiger partial charge is 0.433 e. The molecule has 10 heteroatoms. The number of sulfone groups is 1. The van der Waals surface area contributed by atoms with E-state index in [2.05, 4.69) is 15.3 Å². The lowest BCUT2D eigenvalue weighted by Gasteiger charge is -2.23. The first-order chi connectivity index (χ1) is 9.16. The molecule has 1 fully saturated rings. The fourth-order valence-corrected chi connectivity index (χ4v) is 3.80. The van der Waals surface area contributed by atoms with E-state index in [0.29, 0.717) is 18.9 Å². The van der Waals surface area contributed by atoms with Gasteiger partial charge in [0.1, 0.15) is 5.82 Å². The van der Waals surface area contributed by atoms with Crippen LogP contribution in [-0.2, 0) is 16.0 Å². The summed E-state index contributed by atoms with van der Waals surface area (Å²) in [5.74, 6) is -0.154. The topological polar surface area (TPSA) is 72.0 Å². The number of rotatable bonds is 2. The second-order valence-corrected chi connectivity index (χ2v) is 7.07. The van der Waals surface area contributed by atoms with Crippen LogP contribution in [0.4, 0.5) is 19.0 Å². The van der Waals surface area contributed by atoms with Crippen molar-refractivity contribution >= 4 is 27.3 Å². The molecule has 0 aliphatic carbocycles. The molecule has 1 aliphatic heterocycles. The Balaban J connectivity index is 2.19. The summed E-state index contributed by atoms with van der Waals surface area (Å²) in [7, 11) is -3.16. The van der Waals surface area contributed by atoms with Crippen molar-refractivity contribution in [2.75, 3.05) is 16.8 Å². The Morgan fingerprint density at radius 1 is 1.35 bits per heavy atom. The molecule has 1 saturated heterocycles. The van der Waals surface area contributed by atoms with Gasteiger partial charge in [0.15, 0.2) is 15.5 Å². The van der Waals surface area contributed by atoms with Crippen LogP contribution in [0.25, 0.3) is 0 Å². The van der Waals surface area contributed by atoms with Gasteiger partial charge in [-0.25, -0.2) is 18.4 Å². The number of hydrogen-bond donors (Lipinski definition) is 1. The lowest BCUT2D eigenvalue weighted by atomic mass is 10.2. The lowest BCUT2D eigenvalue weighted by Crippen LogP contribution is -2.35. The SMILES string of the molecule is O=S1(=O)CCCC(Nc2cc(C(F)(F)F)nc(Cl)n2)C1. The average molecular weight is 330 g/mol. The Labute approximate surface area is 118 Å². The van der Waals surface area contributed by atoms with E-state index >= 15 is 0 Å². The summed E-state index contributed by atoms with van der Waals surface area (Å²) in [5.41, 5.74) is -1.17. The molecule has 1 atom stereocenters. The summed E-state index contributed by atoms with van der Waals surface area (Å²) in [5, 5.41) is 2.13. The summed E-state index contributed by atoms with van der Waals surface area (Å²) in [6, 6.07) is 0.244. The van der Waals surface area contributed by atoms with Gasteiger partial charge in [-0.05, 0) is 24.4 Å². The normalized spacial score (nSPS) is 22.5. The zero-order valence-corrected chi connectivity index (χ0v) is 11.7. The van der Waals surface area contributed by atoms with Crippen LogP contribution in [0.1, 0.15) is 18.5 Å². The highest BCUT2D eigenvalue weighted by Gasteiger charge is 2.34. The van der Waals surface area contributed by atoms with Gasteiger partial charge >= 0.3 is 6.18 Å². The third-order valence-electron chi connectivity index (χ3n) is 2.80. The number of alkyl halides is 3. The van der Waals surface area contributed by atoms with Crippen LogP contribution in [0.15, 0.2) is 6.07 Å². The highest BCUT2D eigenvalue weighted by molar-refractivity contribution is 7.91. The predicted octanol–water partition coefficient (Wildman–Crippen LogP) is 2.14. The second kappa shape index (κ2) is 5.36. The molecule has 20 heavy (non-hydrogen) atoms. The van der Waals surface area contributed by atoms with Crippen molar-refractivity contribution < 1.29 is 21.6 Å².